The summed E-state index contributed by atoms with van der Waals surface area (Å²) < 4.78 is 38.4. The van der Waals surface area contributed by atoms with Gasteiger partial charge in [0.05, 0.1) is 23.6 Å². The highest BCUT2D eigenvalue weighted by Crippen LogP contribution is 2.19. The zero-order valence-electron chi connectivity index (χ0n) is 10.1. The minimum absolute atomic E-state index is 0.123. The second-order valence-electron chi connectivity index (χ2n) is 3.97. The van der Waals surface area contributed by atoms with Gasteiger partial charge in [-0.1, -0.05) is 11.6 Å². The van der Waals surface area contributed by atoms with Gasteiger partial charge in [-0.05, 0) is 0 Å². The lowest BCUT2D eigenvalue weighted by molar-refractivity contribution is -0.142. The number of hydrogen-bond donors (Lipinski definition) is 1. The van der Waals surface area contributed by atoms with E-state index in [4.69, 9.17) is 11.6 Å². The van der Waals surface area contributed by atoms with Gasteiger partial charge in [0, 0.05) is 13.2 Å². The first-order chi connectivity index (χ1) is 9.26. The van der Waals surface area contributed by atoms with E-state index < -0.39 is 18.6 Å². The molecule has 6 nitrogen and oxygen atoms in total. The van der Waals surface area contributed by atoms with Gasteiger partial charge in [0.2, 0.25) is 0 Å². The topological polar surface area (TPSA) is 64.7 Å². The molecule has 0 saturated heterocycles. The molecule has 0 aliphatic rings. The van der Waals surface area contributed by atoms with Crippen LogP contribution in [-0.4, -0.2) is 31.6 Å². The van der Waals surface area contributed by atoms with Crippen molar-refractivity contribution in [3.05, 3.63) is 29.3 Å². The number of amides is 1. The molecule has 20 heavy (non-hydrogen) atoms. The first kappa shape index (κ1) is 14.4. The van der Waals surface area contributed by atoms with Crippen LogP contribution >= 0.6 is 11.6 Å². The van der Waals surface area contributed by atoms with Crippen molar-refractivity contribution in [2.45, 2.75) is 12.7 Å². The monoisotopic (exact) mass is 307 g/mol. The molecule has 0 atom stereocenters. The number of carbonyl (C=O) groups is 1. The van der Waals surface area contributed by atoms with E-state index in [2.05, 4.69) is 15.5 Å². The van der Waals surface area contributed by atoms with Gasteiger partial charge in [0.1, 0.15) is 11.7 Å². The Hall–Kier alpha value is -2.03. The SMILES string of the molecule is Cn1ncc(C(=O)Nc2cnn(CC(F)(F)F)c2)c1Cl. The van der Waals surface area contributed by atoms with Crippen molar-refractivity contribution >= 4 is 23.2 Å². The number of halogens is 4. The van der Waals surface area contributed by atoms with E-state index in [9.17, 15) is 18.0 Å². The number of anilines is 1. The van der Waals surface area contributed by atoms with Crippen LogP contribution in [0.3, 0.4) is 0 Å². The van der Waals surface area contributed by atoms with E-state index in [0.717, 1.165) is 12.4 Å². The molecular formula is C10H9ClF3N5O. The van der Waals surface area contributed by atoms with Gasteiger partial charge in [-0.15, -0.1) is 0 Å². The summed E-state index contributed by atoms with van der Waals surface area (Å²) in [5.74, 6) is -0.574. The third-order valence-electron chi connectivity index (χ3n) is 2.34. The van der Waals surface area contributed by atoms with Gasteiger partial charge in [0.25, 0.3) is 5.91 Å². The van der Waals surface area contributed by atoms with Gasteiger partial charge in [0.15, 0.2) is 0 Å². The fourth-order valence-corrected chi connectivity index (χ4v) is 1.65. The van der Waals surface area contributed by atoms with Gasteiger partial charge < -0.3 is 5.32 Å². The lowest BCUT2D eigenvalue weighted by atomic mass is 10.3. The molecule has 10 heteroatoms. The third-order valence-corrected chi connectivity index (χ3v) is 2.79. The molecule has 0 bridgehead atoms. The van der Waals surface area contributed by atoms with Crippen molar-refractivity contribution in [3.63, 3.8) is 0 Å². The van der Waals surface area contributed by atoms with E-state index in [0.29, 0.717) is 4.68 Å². The molecule has 0 radical (unpaired) electrons. The number of hydrogen-bond acceptors (Lipinski definition) is 3. The number of nitrogens with one attached hydrogen (secondary N) is 1. The van der Waals surface area contributed by atoms with Crippen LogP contribution in [0.1, 0.15) is 10.4 Å². The van der Waals surface area contributed by atoms with Crippen molar-refractivity contribution in [3.8, 4) is 0 Å². The van der Waals surface area contributed by atoms with Crippen molar-refractivity contribution in [2.24, 2.45) is 7.05 Å². The predicted molar refractivity (Wildman–Crippen MR) is 64.5 cm³/mol. The van der Waals surface area contributed by atoms with Crippen LogP contribution in [0.4, 0.5) is 18.9 Å². The van der Waals surface area contributed by atoms with Crippen LogP contribution in [0.25, 0.3) is 0 Å². The Kier molecular flexibility index (Phi) is 3.71. The molecule has 2 rings (SSSR count). The highest BCUT2D eigenvalue weighted by atomic mass is 35.5. The first-order valence-corrected chi connectivity index (χ1v) is 5.72. The standard InChI is InChI=1S/C10H9ClF3N5O/c1-18-8(11)7(3-15-18)9(20)17-6-2-16-19(4-6)5-10(12,13)14/h2-4H,5H2,1H3,(H,17,20). The second-order valence-corrected chi connectivity index (χ2v) is 4.33. The molecule has 0 fully saturated rings. The van der Waals surface area contributed by atoms with Crippen molar-refractivity contribution in [1.82, 2.24) is 19.6 Å². The van der Waals surface area contributed by atoms with E-state index in [1.807, 2.05) is 0 Å². The van der Waals surface area contributed by atoms with E-state index in [1.165, 1.54) is 10.9 Å². The van der Waals surface area contributed by atoms with Gasteiger partial charge in [-0.2, -0.15) is 23.4 Å². The minimum atomic E-state index is -4.38. The molecule has 0 unspecified atom stereocenters. The van der Waals surface area contributed by atoms with Crippen LogP contribution in [0.5, 0.6) is 0 Å². The first-order valence-electron chi connectivity index (χ1n) is 5.34. The molecule has 0 saturated carbocycles. The summed E-state index contributed by atoms with van der Waals surface area (Å²) in [6.45, 7) is -1.23. The van der Waals surface area contributed by atoms with Crippen LogP contribution in [0.15, 0.2) is 18.6 Å². The summed E-state index contributed by atoms with van der Waals surface area (Å²) >= 11 is 5.83. The quantitative estimate of drug-likeness (QED) is 0.944. The van der Waals surface area contributed by atoms with Gasteiger partial charge in [-0.25, -0.2) is 0 Å². The molecule has 2 aromatic rings. The molecule has 0 spiro atoms. The lowest BCUT2D eigenvalue weighted by Crippen LogP contribution is -2.18. The summed E-state index contributed by atoms with van der Waals surface area (Å²) in [6.07, 6.45) is -0.915. The normalized spacial score (nSPS) is 11.7. The Labute approximate surface area is 116 Å². The van der Waals surface area contributed by atoms with E-state index >= 15 is 0 Å². The molecule has 108 valence electrons. The summed E-state index contributed by atoms with van der Waals surface area (Å²) in [5, 5.41) is 9.81. The highest BCUT2D eigenvalue weighted by Gasteiger charge is 2.28. The number of aromatic nitrogens is 4. The van der Waals surface area contributed by atoms with E-state index in [-0.39, 0.29) is 16.4 Å². The molecule has 2 heterocycles. The van der Waals surface area contributed by atoms with Gasteiger partial charge in [-0.3, -0.25) is 14.2 Å². The maximum atomic E-state index is 12.2. The average Bonchev–Trinajstić information content (AvgIpc) is 2.86. The van der Waals surface area contributed by atoms with Crippen molar-refractivity contribution < 1.29 is 18.0 Å². The Morgan fingerprint density at radius 2 is 2.10 bits per heavy atom. The average molecular weight is 308 g/mol. The summed E-state index contributed by atoms with van der Waals surface area (Å²) in [6, 6.07) is 0. The van der Waals surface area contributed by atoms with E-state index in [1.54, 1.807) is 7.05 Å². The number of rotatable bonds is 3. The second kappa shape index (κ2) is 5.16. The Bertz CT molecular complexity index is 633. The molecule has 0 aromatic carbocycles. The van der Waals surface area contributed by atoms with Crippen molar-refractivity contribution in [1.29, 1.82) is 0 Å². The molecule has 2 aromatic heterocycles. The summed E-state index contributed by atoms with van der Waals surface area (Å²) in [4.78, 5) is 11.8. The number of carbonyl (C=O) groups excluding carboxylic acids is 1. The fraction of sp³-hybridized carbons (Fsp3) is 0.300. The largest absolute Gasteiger partial charge is 0.408 e. The third kappa shape index (κ3) is 3.29. The van der Waals surface area contributed by atoms with Gasteiger partial charge >= 0.3 is 6.18 Å². The molecule has 1 N–H and O–H groups in total. The maximum absolute atomic E-state index is 12.2. The summed E-state index contributed by atoms with van der Waals surface area (Å²) in [5.41, 5.74) is 0.261. The smallest absolute Gasteiger partial charge is 0.319 e. The number of nitrogens with zero attached hydrogens (tertiary/aromatic N) is 4. The zero-order chi connectivity index (χ0) is 14.9. The minimum Gasteiger partial charge on any atom is -0.319 e. The summed E-state index contributed by atoms with van der Waals surface area (Å²) in [7, 11) is 1.56. The molecule has 0 aliphatic heterocycles. The Balaban J connectivity index is 2.07. The molecule has 1 amide bonds. The van der Waals surface area contributed by atoms with Crippen LogP contribution in [-0.2, 0) is 13.6 Å². The van der Waals surface area contributed by atoms with Crippen molar-refractivity contribution in [2.75, 3.05) is 5.32 Å². The lowest BCUT2D eigenvalue weighted by Gasteiger charge is -2.05. The van der Waals surface area contributed by atoms with Crippen LogP contribution in [0.2, 0.25) is 5.15 Å². The van der Waals surface area contributed by atoms with Crippen LogP contribution < -0.4 is 5.32 Å². The Morgan fingerprint density at radius 1 is 1.40 bits per heavy atom. The number of aryl methyl sites for hydroxylation is 1. The number of alkyl halides is 3. The molecule has 0 aliphatic carbocycles. The predicted octanol–water partition coefficient (Wildman–Crippen LogP) is 2.08. The maximum Gasteiger partial charge on any atom is 0.408 e. The zero-order valence-corrected chi connectivity index (χ0v) is 10.9. The van der Waals surface area contributed by atoms with Crippen LogP contribution in [0, 0.1) is 0 Å². The molecular weight excluding hydrogens is 299 g/mol. The highest BCUT2D eigenvalue weighted by molar-refractivity contribution is 6.33. The fourth-order valence-electron chi connectivity index (χ4n) is 1.47. The Morgan fingerprint density at radius 3 is 2.65 bits per heavy atom.